The van der Waals surface area contributed by atoms with Crippen molar-refractivity contribution in [2.75, 3.05) is 11.9 Å². The van der Waals surface area contributed by atoms with Gasteiger partial charge in [0, 0.05) is 24.0 Å². The van der Waals surface area contributed by atoms with E-state index in [1.165, 1.54) is 0 Å². The third-order valence-electron chi connectivity index (χ3n) is 4.74. The lowest BCUT2D eigenvalue weighted by Gasteiger charge is -2.28. The normalized spacial score (nSPS) is 13.1. The molecule has 3 aromatic rings. The SMILES string of the molecule is Cc1cc(C)cc(NC(=O)N2CCc3c(nc(-c4ccccn4)[nH]c3=O)C2)c1. The van der Waals surface area contributed by atoms with Gasteiger partial charge in [-0.25, -0.2) is 9.78 Å². The molecule has 0 spiro atoms. The van der Waals surface area contributed by atoms with Gasteiger partial charge in [-0.2, -0.15) is 0 Å². The summed E-state index contributed by atoms with van der Waals surface area (Å²) in [6.45, 7) is 4.75. The van der Waals surface area contributed by atoms with Crippen LogP contribution in [-0.2, 0) is 13.0 Å². The molecule has 3 heterocycles. The first-order valence-electron chi connectivity index (χ1n) is 9.17. The van der Waals surface area contributed by atoms with Crippen LogP contribution in [0.5, 0.6) is 0 Å². The summed E-state index contributed by atoms with van der Waals surface area (Å²) in [5, 5.41) is 2.95. The zero-order valence-electron chi connectivity index (χ0n) is 15.8. The summed E-state index contributed by atoms with van der Waals surface area (Å²) >= 11 is 0. The fourth-order valence-electron chi connectivity index (χ4n) is 3.49. The number of nitrogens with zero attached hydrogens (tertiary/aromatic N) is 3. The van der Waals surface area contributed by atoms with E-state index in [2.05, 4.69) is 26.3 Å². The molecule has 0 fully saturated rings. The van der Waals surface area contributed by atoms with Crippen molar-refractivity contribution in [3.63, 3.8) is 0 Å². The van der Waals surface area contributed by atoms with Gasteiger partial charge in [-0.15, -0.1) is 0 Å². The Kier molecular flexibility index (Phi) is 4.65. The van der Waals surface area contributed by atoms with Gasteiger partial charge in [0.1, 0.15) is 5.69 Å². The average Bonchev–Trinajstić information content (AvgIpc) is 2.67. The van der Waals surface area contributed by atoms with E-state index < -0.39 is 0 Å². The maximum absolute atomic E-state index is 12.7. The van der Waals surface area contributed by atoms with Gasteiger partial charge in [-0.3, -0.25) is 9.78 Å². The lowest BCUT2D eigenvalue weighted by molar-refractivity contribution is 0.205. The summed E-state index contributed by atoms with van der Waals surface area (Å²) < 4.78 is 0. The highest BCUT2D eigenvalue weighted by Crippen LogP contribution is 2.19. The second kappa shape index (κ2) is 7.26. The molecule has 7 nitrogen and oxygen atoms in total. The van der Waals surface area contributed by atoms with Crippen molar-refractivity contribution in [1.82, 2.24) is 19.9 Å². The Morgan fingerprint density at radius 3 is 2.68 bits per heavy atom. The van der Waals surface area contributed by atoms with Crippen molar-refractivity contribution >= 4 is 11.7 Å². The molecule has 1 aliphatic heterocycles. The molecule has 4 rings (SSSR count). The minimum Gasteiger partial charge on any atom is -0.318 e. The quantitative estimate of drug-likeness (QED) is 0.720. The van der Waals surface area contributed by atoms with E-state index in [1.54, 1.807) is 23.2 Å². The van der Waals surface area contributed by atoms with Crippen molar-refractivity contribution in [3.8, 4) is 11.5 Å². The second-order valence-electron chi connectivity index (χ2n) is 7.03. The number of nitrogens with one attached hydrogen (secondary N) is 2. The van der Waals surface area contributed by atoms with E-state index in [0.717, 1.165) is 16.8 Å². The predicted octanol–water partition coefficient (Wildman–Crippen LogP) is 3.04. The Morgan fingerprint density at radius 2 is 1.96 bits per heavy atom. The van der Waals surface area contributed by atoms with Crippen molar-refractivity contribution in [2.24, 2.45) is 0 Å². The number of anilines is 1. The van der Waals surface area contributed by atoms with Crippen LogP contribution in [0.3, 0.4) is 0 Å². The van der Waals surface area contributed by atoms with Crippen molar-refractivity contribution < 1.29 is 4.79 Å². The van der Waals surface area contributed by atoms with E-state index in [0.29, 0.717) is 35.7 Å². The van der Waals surface area contributed by atoms with Crippen LogP contribution in [0.2, 0.25) is 0 Å². The van der Waals surface area contributed by atoms with Gasteiger partial charge in [-0.05, 0) is 55.7 Å². The van der Waals surface area contributed by atoms with E-state index in [-0.39, 0.29) is 18.1 Å². The molecule has 2 amide bonds. The van der Waals surface area contributed by atoms with Crippen LogP contribution in [0, 0.1) is 13.8 Å². The number of amides is 2. The lowest BCUT2D eigenvalue weighted by Crippen LogP contribution is -2.41. The first kappa shape index (κ1) is 17.9. The van der Waals surface area contributed by atoms with Crippen LogP contribution in [0.1, 0.15) is 22.4 Å². The summed E-state index contributed by atoms with van der Waals surface area (Å²) in [5.41, 5.74) is 4.63. The van der Waals surface area contributed by atoms with Gasteiger partial charge < -0.3 is 15.2 Å². The van der Waals surface area contributed by atoms with E-state index in [4.69, 9.17) is 0 Å². The summed E-state index contributed by atoms with van der Waals surface area (Å²) in [6.07, 6.45) is 2.12. The zero-order chi connectivity index (χ0) is 19.7. The zero-order valence-corrected chi connectivity index (χ0v) is 15.8. The van der Waals surface area contributed by atoms with Gasteiger partial charge in [0.25, 0.3) is 5.56 Å². The Bertz CT molecular complexity index is 1070. The number of H-pyrrole nitrogens is 1. The number of aromatic amines is 1. The summed E-state index contributed by atoms with van der Waals surface area (Å²) in [7, 11) is 0. The first-order chi connectivity index (χ1) is 13.5. The molecule has 0 saturated carbocycles. The Balaban J connectivity index is 1.57. The number of aromatic nitrogens is 3. The molecule has 1 aromatic carbocycles. The van der Waals surface area contributed by atoms with Gasteiger partial charge in [-0.1, -0.05) is 12.1 Å². The molecule has 2 aromatic heterocycles. The van der Waals surface area contributed by atoms with Crippen LogP contribution in [0.25, 0.3) is 11.5 Å². The number of hydrogen-bond acceptors (Lipinski definition) is 4. The Labute approximate surface area is 162 Å². The highest BCUT2D eigenvalue weighted by molar-refractivity contribution is 5.89. The molecule has 28 heavy (non-hydrogen) atoms. The molecule has 0 radical (unpaired) electrons. The monoisotopic (exact) mass is 375 g/mol. The minimum absolute atomic E-state index is 0.167. The first-order valence-corrected chi connectivity index (χ1v) is 9.17. The number of fused-ring (bicyclic) bond motifs is 1. The fourth-order valence-corrected chi connectivity index (χ4v) is 3.49. The van der Waals surface area contributed by atoms with Crippen LogP contribution in [0.4, 0.5) is 10.5 Å². The molecular formula is C21H21N5O2. The fraction of sp³-hybridized carbons (Fsp3) is 0.238. The summed E-state index contributed by atoms with van der Waals surface area (Å²) in [4.78, 5) is 38.5. The number of hydrogen-bond donors (Lipinski definition) is 2. The number of rotatable bonds is 2. The standard InChI is InChI=1S/C21H21N5O2/c1-13-9-14(2)11-15(10-13)23-21(28)26-8-6-16-18(12-26)24-19(25-20(16)27)17-5-3-4-7-22-17/h3-5,7,9-11H,6,8,12H2,1-2H3,(H,23,28)(H,24,25,27). The number of benzene rings is 1. The van der Waals surface area contributed by atoms with E-state index in [9.17, 15) is 9.59 Å². The molecule has 2 N–H and O–H groups in total. The van der Waals surface area contributed by atoms with Gasteiger partial charge >= 0.3 is 6.03 Å². The van der Waals surface area contributed by atoms with Crippen molar-refractivity contribution in [3.05, 3.63) is 75.3 Å². The number of carbonyl (C=O) groups excluding carboxylic acids is 1. The van der Waals surface area contributed by atoms with Crippen molar-refractivity contribution in [1.29, 1.82) is 0 Å². The largest absolute Gasteiger partial charge is 0.322 e. The lowest BCUT2D eigenvalue weighted by atomic mass is 10.1. The highest BCUT2D eigenvalue weighted by atomic mass is 16.2. The predicted molar refractivity (Wildman–Crippen MR) is 107 cm³/mol. The summed E-state index contributed by atoms with van der Waals surface area (Å²) in [5.74, 6) is 0.418. The van der Waals surface area contributed by atoms with E-state index >= 15 is 0 Å². The second-order valence-corrected chi connectivity index (χ2v) is 7.03. The third-order valence-corrected chi connectivity index (χ3v) is 4.74. The number of aryl methyl sites for hydroxylation is 2. The maximum Gasteiger partial charge on any atom is 0.322 e. The van der Waals surface area contributed by atoms with Crippen LogP contribution >= 0.6 is 0 Å². The van der Waals surface area contributed by atoms with Gasteiger partial charge in [0.2, 0.25) is 0 Å². The molecule has 7 heteroatoms. The third kappa shape index (κ3) is 3.64. The molecule has 0 saturated heterocycles. The smallest absolute Gasteiger partial charge is 0.318 e. The molecule has 0 atom stereocenters. The van der Waals surface area contributed by atoms with Crippen LogP contribution in [-0.4, -0.2) is 32.4 Å². The topological polar surface area (TPSA) is 91.0 Å². The number of carbonyl (C=O) groups is 1. The molecule has 142 valence electrons. The summed E-state index contributed by atoms with van der Waals surface area (Å²) in [6, 6.07) is 11.2. The molecule has 0 aliphatic carbocycles. The van der Waals surface area contributed by atoms with Crippen LogP contribution in [0.15, 0.2) is 47.4 Å². The van der Waals surface area contributed by atoms with E-state index in [1.807, 2.05) is 32.0 Å². The minimum atomic E-state index is -0.197. The number of urea groups is 1. The molecule has 0 unspecified atom stereocenters. The van der Waals surface area contributed by atoms with Crippen LogP contribution < -0.4 is 10.9 Å². The van der Waals surface area contributed by atoms with Crippen molar-refractivity contribution in [2.45, 2.75) is 26.8 Å². The highest BCUT2D eigenvalue weighted by Gasteiger charge is 2.25. The number of pyridine rings is 1. The maximum atomic E-state index is 12.7. The molecule has 0 bridgehead atoms. The Morgan fingerprint density at radius 1 is 1.18 bits per heavy atom. The van der Waals surface area contributed by atoms with Gasteiger partial charge in [0.05, 0.1) is 12.2 Å². The average molecular weight is 375 g/mol. The van der Waals surface area contributed by atoms with Gasteiger partial charge in [0.15, 0.2) is 5.82 Å². The Hall–Kier alpha value is -3.48. The molecular weight excluding hydrogens is 354 g/mol. The molecule has 1 aliphatic rings.